The Balaban J connectivity index is 1.92. The van der Waals surface area contributed by atoms with Crippen LogP contribution in [0.1, 0.15) is 32.2 Å². The lowest BCUT2D eigenvalue weighted by Crippen LogP contribution is -2.35. The van der Waals surface area contributed by atoms with Gasteiger partial charge in [-0.1, -0.05) is 0 Å². The van der Waals surface area contributed by atoms with Gasteiger partial charge in [0.2, 0.25) is 0 Å². The lowest BCUT2D eigenvalue weighted by Gasteiger charge is -2.19. The van der Waals surface area contributed by atoms with Crippen LogP contribution in [0.2, 0.25) is 0 Å². The van der Waals surface area contributed by atoms with E-state index in [2.05, 4.69) is 31.1 Å². The SMILES string of the molecule is CN(Cc1ccco1)c1nc(CNC(C)(C)C)co1. The summed E-state index contributed by atoms with van der Waals surface area (Å²) in [6.45, 7) is 7.70. The highest BCUT2D eigenvalue weighted by Gasteiger charge is 2.13. The van der Waals surface area contributed by atoms with E-state index in [0.717, 1.165) is 11.5 Å². The fourth-order valence-corrected chi connectivity index (χ4v) is 1.61. The van der Waals surface area contributed by atoms with Gasteiger partial charge in [-0.25, -0.2) is 0 Å². The van der Waals surface area contributed by atoms with E-state index in [9.17, 15) is 0 Å². The van der Waals surface area contributed by atoms with E-state index in [1.165, 1.54) is 0 Å². The summed E-state index contributed by atoms with van der Waals surface area (Å²) in [6.07, 6.45) is 3.35. The van der Waals surface area contributed by atoms with Crippen molar-refractivity contribution in [2.75, 3.05) is 11.9 Å². The first-order chi connectivity index (χ1) is 8.94. The van der Waals surface area contributed by atoms with Crippen molar-refractivity contribution in [3.63, 3.8) is 0 Å². The third-order valence-electron chi connectivity index (χ3n) is 2.64. The Morgan fingerprint density at radius 1 is 1.32 bits per heavy atom. The van der Waals surface area contributed by atoms with E-state index in [1.54, 1.807) is 12.5 Å². The van der Waals surface area contributed by atoms with Gasteiger partial charge in [0, 0.05) is 19.1 Å². The number of nitrogens with zero attached hydrogens (tertiary/aromatic N) is 2. The molecule has 5 heteroatoms. The molecule has 0 fully saturated rings. The zero-order chi connectivity index (χ0) is 13.9. The number of anilines is 1. The van der Waals surface area contributed by atoms with Gasteiger partial charge in [0.15, 0.2) is 0 Å². The van der Waals surface area contributed by atoms with Crippen molar-refractivity contribution in [2.24, 2.45) is 0 Å². The molecule has 5 nitrogen and oxygen atoms in total. The molecule has 19 heavy (non-hydrogen) atoms. The summed E-state index contributed by atoms with van der Waals surface area (Å²) in [6, 6.07) is 4.40. The molecule has 0 saturated heterocycles. The van der Waals surface area contributed by atoms with Crippen molar-refractivity contribution in [3.05, 3.63) is 36.1 Å². The smallest absolute Gasteiger partial charge is 0.297 e. The Morgan fingerprint density at radius 2 is 2.11 bits per heavy atom. The zero-order valence-corrected chi connectivity index (χ0v) is 11.9. The van der Waals surface area contributed by atoms with E-state index >= 15 is 0 Å². The van der Waals surface area contributed by atoms with Crippen LogP contribution in [0.5, 0.6) is 0 Å². The number of rotatable bonds is 5. The van der Waals surface area contributed by atoms with E-state index < -0.39 is 0 Å². The highest BCUT2D eigenvalue weighted by molar-refractivity contribution is 5.26. The standard InChI is InChI=1S/C14H21N3O2/c1-14(2,3)15-8-11-10-19-13(16-11)17(4)9-12-6-5-7-18-12/h5-7,10,15H,8-9H2,1-4H3. The number of aromatic nitrogens is 1. The van der Waals surface area contributed by atoms with Gasteiger partial charge in [-0.2, -0.15) is 4.98 Å². The fourth-order valence-electron chi connectivity index (χ4n) is 1.61. The van der Waals surface area contributed by atoms with Crippen molar-refractivity contribution in [2.45, 2.75) is 39.4 Å². The molecule has 2 heterocycles. The molecule has 0 bridgehead atoms. The number of hydrogen-bond donors (Lipinski definition) is 1. The summed E-state index contributed by atoms with van der Waals surface area (Å²) in [5.41, 5.74) is 0.968. The van der Waals surface area contributed by atoms with E-state index in [-0.39, 0.29) is 5.54 Å². The molecular formula is C14H21N3O2. The summed E-state index contributed by atoms with van der Waals surface area (Å²) in [4.78, 5) is 6.36. The highest BCUT2D eigenvalue weighted by atomic mass is 16.4. The maximum atomic E-state index is 5.47. The second kappa shape index (κ2) is 5.48. The molecule has 0 radical (unpaired) electrons. The van der Waals surface area contributed by atoms with Gasteiger partial charge < -0.3 is 19.1 Å². The minimum atomic E-state index is 0.0686. The first-order valence-electron chi connectivity index (χ1n) is 6.37. The molecule has 0 unspecified atom stereocenters. The van der Waals surface area contributed by atoms with Crippen molar-refractivity contribution < 1.29 is 8.83 Å². The average Bonchev–Trinajstić information content (AvgIpc) is 2.95. The molecule has 0 amide bonds. The van der Waals surface area contributed by atoms with Crippen LogP contribution in [-0.2, 0) is 13.1 Å². The average molecular weight is 263 g/mol. The summed E-state index contributed by atoms with van der Waals surface area (Å²) >= 11 is 0. The van der Waals surface area contributed by atoms with Crippen molar-refractivity contribution >= 4 is 6.01 Å². The highest BCUT2D eigenvalue weighted by Crippen LogP contribution is 2.15. The van der Waals surface area contributed by atoms with Gasteiger partial charge in [-0.05, 0) is 32.9 Å². The van der Waals surface area contributed by atoms with Gasteiger partial charge in [0.25, 0.3) is 6.01 Å². The Hall–Kier alpha value is -1.75. The Morgan fingerprint density at radius 3 is 2.74 bits per heavy atom. The summed E-state index contributed by atoms with van der Waals surface area (Å²) in [7, 11) is 1.93. The first kappa shape index (κ1) is 13.7. The van der Waals surface area contributed by atoms with Crippen LogP contribution < -0.4 is 10.2 Å². The minimum Gasteiger partial charge on any atom is -0.467 e. The molecule has 0 aliphatic heterocycles. The molecule has 2 rings (SSSR count). The maximum Gasteiger partial charge on any atom is 0.297 e. The van der Waals surface area contributed by atoms with Crippen LogP contribution in [0.4, 0.5) is 6.01 Å². The lowest BCUT2D eigenvalue weighted by molar-refractivity contribution is 0.421. The normalized spacial score (nSPS) is 11.8. The molecule has 2 aromatic rings. The summed E-state index contributed by atoms with van der Waals surface area (Å²) in [5, 5.41) is 3.38. The Kier molecular flexibility index (Phi) is 3.95. The second-order valence-corrected chi connectivity index (χ2v) is 5.66. The van der Waals surface area contributed by atoms with Crippen molar-refractivity contribution in [3.8, 4) is 0 Å². The minimum absolute atomic E-state index is 0.0686. The van der Waals surface area contributed by atoms with Crippen molar-refractivity contribution in [1.82, 2.24) is 10.3 Å². The number of nitrogens with one attached hydrogen (secondary N) is 1. The van der Waals surface area contributed by atoms with Gasteiger partial charge in [0.1, 0.15) is 12.0 Å². The number of hydrogen-bond acceptors (Lipinski definition) is 5. The molecule has 0 aromatic carbocycles. The molecule has 0 aliphatic carbocycles. The van der Waals surface area contributed by atoms with Crippen molar-refractivity contribution in [1.29, 1.82) is 0 Å². The Bertz CT molecular complexity index is 497. The fraction of sp³-hybridized carbons (Fsp3) is 0.500. The van der Waals surface area contributed by atoms with Gasteiger partial charge in [0.05, 0.1) is 18.5 Å². The van der Waals surface area contributed by atoms with Gasteiger partial charge in [-0.3, -0.25) is 0 Å². The molecule has 0 atom stereocenters. The summed E-state index contributed by atoms with van der Waals surface area (Å²) in [5.74, 6) is 0.884. The second-order valence-electron chi connectivity index (χ2n) is 5.66. The van der Waals surface area contributed by atoms with Gasteiger partial charge in [-0.15, -0.1) is 0 Å². The molecule has 2 aromatic heterocycles. The van der Waals surface area contributed by atoms with E-state index in [4.69, 9.17) is 8.83 Å². The molecule has 0 aliphatic rings. The van der Waals surface area contributed by atoms with Crippen LogP contribution in [0.15, 0.2) is 33.5 Å². The topological polar surface area (TPSA) is 54.4 Å². The molecule has 0 saturated carbocycles. The Labute approximate surface area is 113 Å². The zero-order valence-electron chi connectivity index (χ0n) is 11.9. The van der Waals surface area contributed by atoms with Crippen LogP contribution in [0.3, 0.4) is 0 Å². The van der Waals surface area contributed by atoms with Crippen LogP contribution in [-0.4, -0.2) is 17.6 Å². The molecule has 104 valence electrons. The van der Waals surface area contributed by atoms with E-state index in [1.807, 2.05) is 24.1 Å². The number of oxazole rings is 1. The third kappa shape index (κ3) is 4.13. The predicted molar refractivity (Wildman–Crippen MR) is 73.9 cm³/mol. The summed E-state index contributed by atoms with van der Waals surface area (Å²) < 4.78 is 10.8. The quantitative estimate of drug-likeness (QED) is 0.899. The molecular weight excluding hydrogens is 242 g/mol. The third-order valence-corrected chi connectivity index (χ3v) is 2.64. The van der Waals surface area contributed by atoms with Gasteiger partial charge >= 0.3 is 0 Å². The van der Waals surface area contributed by atoms with Crippen LogP contribution >= 0.6 is 0 Å². The predicted octanol–water partition coefficient (Wildman–Crippen LogP) is 2.79. The van der Waals surface area contributed by atoms with Crippen LogP contribution in [0, 0.1) is 0 Å². The first-order valence-corrected chi connectivity index (χ1v) is 6.37. The number of furan rings is 1. The monoisotopic (exact) mass is 263 g/mol. The molecule has 0 spiro atoms. The van der Waals surface area contributed by atoms with E-state index in [0.29, 0.717) is 19.1 Å². The largest absolute Gasteiger partial charge is 0.467 e. The molecule has 1 N–H and O–H groups in total. The lowest BCUT2D eigenvalue weighted by atomic mass is 10.1. The van der Waals surface area contributed by atoms with Crippen LogP contribution in [0.25, 0.3) is 0 Å². The maximum absolute atomic E-state index is 5.47.